The van der Waals surface area contributed by atoms with Gasteiger partial charge in [-0.1, -0.05) is 0 Å². The maximum atomic E-state index is 12.4. The van der Waals surface area contributed by atoms with E-state index < -0.39 is 0 Å². The number of benzene rings is 1. The molecule has 0 aliphatic rings. The summed E-state index contributed by atoms with van der Waals surface area (Å²) in [5.74, 6) is -0.176. The van der Waals surface area contributed by atoms with Crippen molar-refractivity contribution >= 4 is 28.6 Å². The Bertz CT molecular complexity index is 822. The van der Waals surface area contributed by atoms with Crippen LogP contribution in [0.5, 0.6) is 0 Å². The van der Waals surface area contributed by atoms with Gasteiger partial charge in [-0.05, 0) is 38.5 Å². The number of fused-ring (bicyclic) bond motifs is 1. The Morgan fingerprint density at radius 3 is 2.14 bits per heavy atom. The minimum absolute atomic E-state index is 0.0252. The summed E-state index contributed by atoms with van der Waals surface area (Å²) >= 11 is 0. The predicted molar refractivity (Wildman–Crippen MR) is 89.4 cm³/mol. The Labute approximate surface area is 127 Å². The van der Waals surface area contributed by atoms with E-state index in [-0.39, 0.29) is 17.6 Å². The van der Waals surface area contributed by atoms with Crippen molar-refractivity contribution in [1.82, 2.24) is 9.13 Å². The molecule has 22 heavy (non-hydrogen) atoms. The number of guanidine groups is 2. The van der Waals surface area contributed by atoms with E-state index in [4.69, 9.17) is 17.2 Å². The zero-order valence-electron chi connectivity index (χ0n) is 13.0. The Balaban J connectivity index is 2.72. The molecule has 2 aromatic rings. The third kappa shape index (κ3) is 2.67. The summed E-state index contributed by atoms with van der Waals surface area (Å²) in [6.45, 7) is 6.96. The van der Waals surface area contributed by atoms with E-state index in [2.05, 4.69) is 9.98 Å². The molecule has 0 amide bonds. The molecule has 6 N–H and O–H groups in total. The molecule has 1 aromatic heterocycles. The quantitative estimate of drug-likeness (QED) is 0.558. The van der Waals surface area contributed by atoms with E-state index in [1.807, 2.05) is 32.9 Å². The SMILES string of the molecule is CCn1c(=O)n(CC)c2cc(N=C(N)N=C(N)N)c(C)cc21. The van der Waals surface area contributed by atoms with Crippen LogP contribution in [0.15, 0.2) is 26.9 Å². The highest BCUT2D eigenvalue weighted by Gasteiger charge is 2.13. The third-order valence-electron chi connectivity index (χ3n) is 3.45. The maximum Gasteiger partial charge on any atom is 0.329 e. The predicted octanol–water partition coefficient (Wildman–Crippen LogP) is 0.371. The molecule has 2 rings (SSSR count). The maximum absolute atomic E-state index is 12.4. The van der Waals surface area contributed by atoms with E-state index in [1.165, 1.54) is 0 Å². The summed E-state index contributed by atoms with van der Waals surface area (Å²) in [7, 11) is 0. The normalized spacial score (nSPS) is 11.9. The van der Waals surface area contributed by atoms with Crippen molar-refractivity contribution in [3.05, 3.63) is 28.2 Å². The van der Waals surface area contributed by atoms with Gasteiger partial charge in [0.25, 0.3) is 0 Å². The minimum Gasteiger partial charge on any atom is -0.370 e. The number of rotatable bonds is 3. The lowest BCUT2D eigenvalue weighted by molar-refractivity contribution is 0.671. The number of aryl methyl sites for hydroxylation is 3. The molecule has 0 saturated carbocycles. The molecular formula is C14H21N7O. The highest BCUT2D eigenvalue weighted by atomic mass is 16.1. The molecule has 1 heterocycles. The van der Waals surface area contributed by atoms with Gasteiger partial charge >= 0.3 is 5.69 Å². The first-order valence-electron chi connectivity index (χ1n) is 7.06. The van der Waals surface area contributed by atoms with E-state index >= 15 is 0 Å². The van der Waals surface area contributed by atoms with Gasteiger partial charge in [-0.25, -0.2) is 9.79 Å². The third-order valence-corrected chi connectivity index (χ3v) is 3.45. The average Bonchev–Trinajstić information content (AvgIpc) is 2.68. The van der Waals surface area contributed by atoms with Gasteiger partial charge in [0, 0.05) is 13.1 Å². The van der Waals surface area contributed by atoms with Gasteiger partial charge in [0.2, 0.25) is 5.96 Å². The lowest BCUT2D eigenvalue weighted by Crippen LogP contribution is -2.26. The summed E-state index contributed by atoms with van der Waals surface area (Å²) in [5, 5.41) is 0. The number of nitrogens with zero attached hydrogens (tertiary/aromatic N) is 4. The number of aromatic nitrogens is 2. The molecule has 0 radical (unpaired) electrons. The highest BCUT2D eigenvalue weighted by Crippen LogP contribution is 2.25. The summed E-state index contributed by atoms with van der Waals surface area (Å²) in [4.78, 5) is 20.3. The molecule has 0 aliphatic heterocycles. The average molecular weight is 303 g/mol. The van der Waals surface area contributed by atoms with E-state index in [0.717, 1.165) is 16.6 Å². The van der Waals surface area contributed by atoms with Crippen molar-refractivity contribution in [2.24, 2.45) is 27.2 Å². The molecule has 118 valence electrons. The summed E-state index contributed by atoms with van der Waals surface area (Å²) in [6, 6.07) is 3.75. The monoisotopic (exact) mass is 303 g/mol. The second-order valence-corrected chi connectivity index (χ2v) is 4.91. The highest BCUT2D eigenvalue weighted by molar-refractivity contribution is 5.94. The molecule has 0 bridgehead atoms. The smallest absolute Gasteiger partial charge is 0.329 e. The van der Waals surface area contributed by atoms with Crippen molar-refractivity contribution < 1.29 is 0 Å². The Morgan fingerprint density at radius 1 is 1.09 bits per heavy atom. The standard InChI is InChI=1S/C14H21N7O/c1-4-20-10-6-8(3)9(18-13(17)19-12(15)16)7-11(10)21(5-2)14(20)22/h6-7H,4-5H2,1-3H3,(H6,15,16,17,18,19). The number of imidazole rings is 1. The van der Waals surface area contributed by atoms with E-state index in [9.17, 15) is 4.79 Å². The fraction of sp³-hybridized carbons (Fsp3) is 0.357. The van der Waals surface area contributed by atoms with Gasteiger partial charge in [-0.2, -0.15) is 4.99 Å². The summed E-state index contributed by atoms with van der Waals surface area (Å²) < 4.78 is 3.44. The first-order valence-corrected chi connectivity index (χ1v) is 7.06. The van der Waals surface area contributed by atoms with Gasteiger partial charge in [0.15, 0.2) is 5.96 Å². The van der Waals surface area contributed by atoms with E-state index in [1.54, 1.807) is 9.13 Å². The molecule has 0 atom stereocenters. The number of nitrogens with two attached hydrogens (primary N) is 3. The zero-order chi connectivity index (χ0) is 16.4. The largest absolute Gasteiger partial charge is 0.370 e. The number of aliphatic imine (C=N–C) groups is 2. The van der Waals surface area contributed by atoms with Crippen LogP contribution in [-0.2, 0) is 13.1 Å². The fourth-order valence-corrected chi connectivity index (χ4v) is 2.47. The second kappa shape index (κ2) is 5.92. The van der Waals surface area contributed by atoms with Gasteiger partial charge in [-0.3, -0.25) is 9.13 Å². The van der Waals surface area contributed by atoms with Crippen molar-refractivity contribution in [3.8, 4) is 0 Å². The van der Waals surface area contributed by atoms with Crippen LogP contribution in [0.25, 0.3) is 11.0 Å². The van der Waals surface area contributed by atoms with Crippen molar-refractivity contribution in [2.75, 3.05) is 0 Å². The molecule has 8 heteroatoms. The number of hydrogen-bond donors (Lipinski definition) is 3. The Morgan fingerprint density at radius 2 is 1.64 bits per heavy atom. The second-order valence-electron chi connectivity index (χ2n) is 4.91. The minimum atomic E-state index is -0.150. The van der Waals surface area contributed by atoms with Crippen molar-refractivity contribution in [2.45, 2.75) is 33.9 Å². The van der Waals surface area contributed by atoms with Crippen molar-refractivity contribution in [1.29, 1.82) is 0 Å². The van der Waals surface area contributed by atoms with Crippen LogP contribution in [0.3, 0.4) is 0 Å². The van der Waals surface area contributed by atoms with Gasteiger partial charge < -0.3 is 17.2 Å². The van der Waals surface area contributed by atoms with Crippen molar-refractivity contribution in [3.63, 3.8) is 0 Å². The lowest BCUT2D eigenvalue weighted by Gasteiger charge is -2.04. The molecule has 0 fully saturated rings. The van der Waals surface area contributed by atoms with Crippen LogP contribution in [0.4, 0.5) is 5.69 Å². The molecule has 0 saturated heterocycles. The molecular weight excluding hydrogens is 282 g/mol. The molecule has 0 unspecified atom stereocenters. The summed E-state index contributed by atoms with van der Waals surface area (Å²) in [6.07, 6.45) is 0. The fourth-order valence-electron chi connectivity index (χ4n) is 2.47. The molecule has 1 aromatic carbocycles. The van der Waals surface area contributed by atoms with E-state index in [0.29, 0.717) is 18.8 Å². The molecule has 0 spiro atoms. The zero-order valence-corrected chi connectivity index (χ0v) is 13.0. The van der Waals surface area contributed by atoms with Gasteiger partial charge in [0.1, 0.15) is 0 Å². The topological polar surface area (TPSA) is 130 Å². The first-order chi connectivity index (χ1) is 10.4. The Kier molecular flexibility index (Phi) is 4.20. The van der Waals surface area contributed by atoms with Crippen LogP contribution in [0.1, 0.15) is 19.4 Å². The molecule has 0 aliphatic carbocycles. The van der Waals surface area contributed by atoms with Crippen LogP contribution in [0.2, 0.25) is 0 Å². The van der Waals surface area contributed by atoms with Crippen LogP contribution in [0, 0.1) is 6.92 Å². The lowest BCUT2D eigenvalue weighted by atomic mass is 10.1. The molecule has 8 nitrogen and oxygen atoms in total. The Hall–Kier alpha value is -2.77. The van der Waals surface area contributed by atoms with Crippen LogP contribution < -0.4 is 22.9 Å². The number of hydrogen-bond acceptors (Lipinski definition) is 2. The van der Waals surface area contributed by atoms with Gasteiger partial charge in [-0.15, -0.1) is 0 Å². The first kappa shape index (κ1) is 15.6. The van der Waals surface area contributed by atoms with Crippen LogP contribution >= 0.6 is 0 Å². The summed E-state index contributed by atoms with van der Waals surface area (Å²) in [5.41, 5.74) is 19.4. The van der Waals surface area contributed by atoms with Gasteiger partial charge in [0.05, 0.1) is 16.7 Å². The van der Waals surface area contributed by atoms with Crippen LogP contribution in [-0.4, -0.2) is 21.1 Å².